The van der Waals surface area contributed by atoms with Gasteiger partial charge in [-0.25, -0.2) is 4.98 Å². The summed E-state index contributed by atoms with van der Waals surface area (Å²) < 4.78 is 5.49. The third kappa shape index (κ3) is 3.47. The predicted octanol–water partition coefficient (Wildman–Crippen LogP) is 5.06. The first-order chi connectivity index (χ1) is 14.6. The number of benzene rings is 2. The average molecular weight is 406 g/mol. The molecule has 0 fully saturated rings. The quantitative estimate of drug-likeness (QED) is 0.403. The van der Waals surface area contributed by atoms with Gasteiger partial charge < -0.3 is 19.9 Å². The van der Waals surface area contributed by atoms with Crippen LogP contribution >= 0.6 is 0 Å². The van der Waals surface area contributed by atoms with Crippen LogP contribution in [0.25, 0.3) is 32.7 Å². The van der Waals surface area contributed by atoms with E-state index in [1.807, 2.05) is 12.3 Å². The van der Waals surface area contributed by atoms with Crippen LogP contribution in [0.5, 0.6) is 5.75 Å². The number of aromatic nitrogens is 2. The maximum atomic E-state index is 5.49. The standard InChI is InChI=1S/C25H32N4O/c1-6-29(7-2)14-8-12-26-21-11-13-27-24-17(4)25-22(16(3)23(21)24)19-15-18(30-5)9-10-20(19)28-25/h9-11,13,15,28H,6-8,12,14H2,1-5H3,(H,26,27)/p+1. The minimum atomic E-state index is 0.884. The van der Waals surface area contributed by atoms with Gasteiger partial charge in [0, 0.05) is 34.5 Å². The molecule has 0 atom stereocenters. The Hall–Kier alpha value is -2.79. The van der Waals surface area contributed by atoms with Gasteiger partial charge in [0.25, 0.3) is 0 Å². The van der Waals surface area contributed by atoms with E-state index in [4.69, 9.17) is 4.74 Å². The molecular weight excluding hydrogens is 372 g/mol. The summed E-state index contributed by atoms with van der Waals surface area (Å²) >= 11 is 0. The third-order valence-electron chi connectivity index (χ3n) is 6.36. The van der Waals surface area contributed by atoms with E-state index in [0.717, 1.165) is 43.9 Å². The van der Waals surface area contributed by atoms with Crippen molar-refractivity contribution in [2.45, 2.75) is 34.1 Å². The van der Waals surface area contributed by atoms with Gasteiger partial charge in [0.2, 0.25) is 5.52 Å². The SMILES string of the molecule is CCN(CC)CCCNc1cc[nH+]c2c(C)c3[nH]c4ccc(OC)cc4c3c(C)c12. The fourth-order valence-electron chi connectivity index (χ4n) is 4.62. The molecule has 0 aliphatic heterocycles. The van der Waals surface area contributed by atoms with Crippen molar-refractivity contribution in [2.75, 3.05) is 38.6 Å². The Morgan fingerprint density at radius 2 is 1.87 bits per heavy atom. The fraction of sp³-hybridized carbons (Fsp3) is 0.400. The van der Waals surface area contributed by atoms with Crippen molar-refractivity contribution in [3.8, 4) is 5.75 Å². The number of H-pyrrole nitrogens is 2. The van der Waals surface area contributed by atoms with E-state index >= 15 is 0 Å². The molecule has 0 radical (unpaired) electrons. The highest BCUT2D eigenvalue weighted by Gasteiger charge is 2.20. The van der Waals surface area contributed by atoms with Crippen molar-refractivity contribution in [1.82, 2.24) is 9.88 Å². The largest absolute Gasteiger partial charge is 0.497 e. The number of nitrogens with zero attached hydrogens (tertiary/aromatic N) is 1. The van der Waals surface area contributed by atoms with Crippen LogP contribution in [0.15, 0.2) is 30.5 Å². The summed E-state index contributed by atoms with van der Waals surface area (Å²) in [5.41, 5.74) is 7.25. The van der Waals surface area contributed by atoms with Gasteiger partial charge in [-0.1, -0.05) is 13.8 Å². The van der Waals surface area contributed by atoms with Gasteiger partial charge in [-0.3, -0.25) is 0 Å². The highest BCUT2D eigenvalue weighted by Crippen LogP contribution is 2.38. The van der Waals surface area contributed by atoms with Gasteiger partial charge in [0.15, 0.2) is 6.20 Å². The van der Waals surface area contributed by atoms with Gasteiger partial charge in [0.05, 0.1) is 23.7 Å². The average Bonchev–Trinajstić information content (AvgIpc) is 3.16. The zero-order valence-electron chi connectivity index (χ0n) is 18.8. The molecular formula is C25H33N4O+. The first-order valence-electron chi connectivity index (χ1n) is 11.0. The topological polar surface area (TPSA) is 54.4 Å². The zero-order valence-corrected chi connectivity index (χ0v) is 18.8. The highest BCUT2D eigenvalue weighted by atomic mass is 16.5. The minimum absolute atomic E-state index is 0.884. The zero-order chi connectivity index (χ0) is 21.3. The van der Waals surface area contributed by atoms with Gasteiger partial charge in [-0.2, -0.15) is 0 Å². The molecule has 0 unspecified atom stereocenters. The van der Waals surface area contributed by atoms with Crippen LogP contribution in [0.2, 0.25) is 0 Å². The lowest BCUT2D eigenvalue weighted by Crippen LogP contribution is -2.25. The molecule has 0 aliphatic rings. The first kappa shape index (κ1) is 20.5. The summed E-state index contributed by atoms with van der Waals surface area (Å²) in [6, 6.07) is 8.41. The Balaban J connectivity index is 1.79. The lowest BCUT2D eigenvalue weighted by atomic mass is 9.97. The molecule has 30 heavy (non-hydrogen) atoms. The van der Waals surface area contributed by atoms with E-state index in [0.29, 0.717) is 0 Å². The van der Waals surface area contributed by atoms with Crippen molar-refractivity contribution < 1.29 is 9.72 Å². The van der Waals surface area contributed by atoms with Crippen LogP contribution < -0.4 is 15.0 Å². The molecule has 0 saturated heterocycles. The lowest BCUT2D eigenvalue weighted by Gasteiger charge is -2.18. The highest BCUT2D eigenvalue weighted by molar-refractivity contribution is 6.17. The van der Waals surface area contributed by atoms with E-state index in [1.54, 1.807) is 7.11 Å². The van der Waals surface area contributed by atoms with Crippen molar-refractivity contribution in [3.05, 3.63) is 41.6 Å². The summed E-state index contributed by atoms with van der Waals surface area (Å²) in [6.45, 7) is 13.2. The molecule has 0 saturated carbocycles. The van der Waals surface area contributed by atoms with Crippen LogP contribution in [0.3, 0.4) is 0 Å². The Morgan fingerprint density at radius 1 is 1.07 bits per heavy atom. The summed E-state index contributed by atoms with van der Waals surface area (Å²) in [7, 11) is 1.72. The fourth-order valence-corrected chi connectivity index (χ4v) is 4.62. The number of nitrogens with one attached hydrogen (secondary N) is 3. The molecule has 0 spiro atoms. The van der Waals surface area contributed by atoms with Crippen molar-refractivity contribution in [1.29, 1.82) is 0 Å². The first-order valence-corrected chi connectivity index (χ1v) is 11.0. The van der Waals surface area contributed by atoms with Gasteiger partial charge in [-0.05, 0) is 63.7 Å². The van der Waals surface area contributed by atoms with Crippen LogP contribution in [0, 0.1) is 13.8 Å². The molecule has 2 heterocycles. The van der Waals surface area contributed by atoms with Crippen LogP contribution in [-0.4, -0.2) is 43.2 Å². The lowest BCUT2D eigenvalue weighted by molar-refractivity contribution is -0.344. The molecule has 0 aliphatic carbocycles. The van der Waals surface area contributed by atoms with Gasteiger partial charge in [0.1, 0.15) is 5.75 Å². The molecule has 0 amide bonds. The van der Waals surface area contributed by atoms with Crippen LogP contribution in [-0.2, 0) is 0 Å². The molecule has 2 aromatic carbocycles. The number of anilines is 1. The van der Waals surface area contributed by atoms with Crippen LogP contribution in [0.1, 0.15) is 31.4 Å². The smallest absolute Gasteiger partial charge is 0.218 e. The van der Waals surface area contributed by atoms with E-state index in [-0.39, 0.29) is 0 Å². The molecule has 0 bridgehead atoms. The predicted molar refractivity (Wildman–Crippen MR) is 127 cm³/mol. The number of aryl methyl sites for hydroxylation is 2. The second kappa shape index (κ2) is 8.52. The summed E-state index contributed by atoms with van der Waals surface area (Å²) in [5, 5.41) is 7.47. The normalized spacial score (nSPS) is 11.8. The Labute approximate surface area is 178 Å². The summed E-state index contributed by atoms with van der Waals surface area (Å²) in [4.78, 5) is 9.59. The Kier molecular flexibility index (Phi) is 5.82. The van der Waals surface area contributed by atoms with E-state index in [9.17, 15) is 0 Å². The number of hydrogen-bond acceptors (Lipinski definition) is 3. The van der Waals surface area contributed by atoms with E-state index in [2.05, 4.69) is 66.1 Å². The number of rotatable bonds is 8. The van der Waals surface area contributed by atoms with E-state index < -0.39 is 0 Å². The number of ether oxygens (including phenoxy) is 1. The maximum Gasteiger partial charge on any atom is 0.218 e. The third-order valence-corrected chi connectivity index (χ3v) is 6.36. The van der Waals surface area contributed by atoms with Crippen LogP contribution in [0.4, 0.5) is 5.69 Å². The Bertz CT molecular complexity index is 1190. The number of methoxy groups -OCH3 is 1. The molecule has 158 valence electrons. The Morgan fingerprint density at radius 3 is 2.60 bits per heavy atom. The number of pyridine rings is 1. The molecule has 4 rings (SSSR count). The molecule has 3 N–H and O–H groups in total. The van der Waals surface area contributed by atoms with Crippen molar-refractivity contribution >= 4 is 38.4 Å². The van der Waals surface area contributed by atoms with Crippen molar-refractivity contribution in [2.24, 2.45) is 0 Å². The molecule has 5 nitrogen and oxygen atoms in total. The summed E-state index contributed by atoms with van der Waals surface area (Å²) in [6.07, 6.45) is 3.17. The second-order valence-electron chi connectivity index (χ2n) is 7.99. The second-order valence-corrected chi connectivity index (χ2v) is 7.99. The molecule has 4 aromatic rings. The number of fused-ring (bicyclic) bond motifs is 4. The number of aromatic amines is 2. The monoisotopic (exact) mass is 405 g/mol. The van der Waals surface area contributed by atoms with Gasteiger partial charge in [-0.15, -0.1) is 0 Å². The number of hydrogen-bond donors (Lipinski definition) is 2. The van der Waals surface area contributed by atoms with Crippen molar-refractivity contribution in [3.63, 3.8) is 0 Å². The van der Waals surface area contributed by atoms with Gasteiger partial charge >= 0.3 is 0 Å². The maximum absolute atomic E-state index is 5.49. The molecule has 2 aromatic heterocycles. The summed E-state index contributed by atoms with van der Waals surface area (Å²) in [5.74, 6) is 0.884. The minimum Gasteiger partial charge on any atom is -0.497 e. The van der Waals surface area contributed by atoms with E-state index in [1.165, 1.54) is 44.0 Å². The molecule has 5 heteroatoms.